The average molecular weight is 1110 g/mol. The summed E-state index contributed by atoms with van der Waals surface area (Å²) in [5, 5.41) is 9.84. The van der Waals surface area contributed by atoms with E-state index in [4.69, 9.17) is 23.3 Å². The molecular weight excluding hydrogens is 1000 g/mol. The van der Waals surface area contributed by atoms with Crippen LogP contribution in [-0.2, 0) is 42.2 Å². The van der Waals surface area contributed by atoms with E-state index < -0.39 is 57.8 Å². The molecule has 0 radical (unpaired) electrons. The molecule has 0 aliphatic carbocycles. The van der Waals surface area contributed by atoms with Gasteiger partial charge in [0, 0.05) is 19.3 Å². The SMILES string of the molecule is CC/C=C\C/C=C\C/C=C\C/C=C\CCCCCCCCC(=O)OC(COC(=O)CCCC/C=C\C/C=C\C/C=C\C/C=C\CC)COP(=O)(O)OCC(CO)OC(=O)CCCCCCCCC/C=C\C/C=C\CCCCC. The molecule has 3 atom stereocenters. The second-order valence-corrected chi connectivity index (χ2v) is 21.2. The minimum atomic E-state index is -4.77. The van der Waals surface area contributed by atoms with E-state index in [1.807, 2.05) is 0 Å². The Labute approximate surface area is 475 Å². The molecule has 0 spiro atoms. The second-order valence-electron chi connectivity index (χ2n) is 19.7. The molecule has 0 fully saturated rings. The summed E-state index contributed by atoms with van der Waals surface area (Å²) in [6.45, 7) is 4.32. The number of phosphoric ester groups is 1. The third-order valence-corrected chi connectivity index (χ3v) is 13.3. The van der Waals surface area contributed by atoms with Gasteiger partial charge in [0.15, 0.2) is 6.10 Å². The van der Waals surface area contributed by atoms with Crippen molar-refractivity contribution in [3.8, 4) is 0 Å². The number of hydrogen-bond donors (Lipinski definition) is 2. The van der Waals surface area contributed by atoms with Gasteiger partial charge in [-0.25, -0.2) is 4.57 Å². The predicted molar refractivity (Wildman–Crippen MR) is 325 cm³/mol. The molecule has 444 valence electrons. The Morgan fingerprint density at radius 2 is 0.667 bits per heavy atom. The lowest BCUT2D eigenvalue weighted by Crippen LogP contribution is -2.30. The maximum absolute atomic E-state index is 12.9. The maximum atomic E-state index is 12.9. The zero-order valence-electron chi connectivity index (χ0n) is 49.1. The molecule has 0 heterocycles. The number of hydrogen-bond acceptors (Lipinski definition) is 10. The molecule has 0 aliphatic rings. The summed E-state index contributed by atoms with van der Waals surface area (Å²) in [6.07, 6.45) is 72.9. The van der Waals surface area contributed by atoms with Crippen LogP contribution < -0.4 is 0 Å². The standard InChI is InChI=1S/C66H109O11P/c1-4-7-10-13-16-19-22-25-28-30-31-33-36-39-42-45-48-51-54-57-66(70)77-63(59-73-64(68)55-52-49-46-43-40-37-34-27-24-21-18-15-12-9-6-3)61-75-78(71,72)74-60-62(58-67)76-65(69)56-53-50-47-44-41-38-35-32-29-26-23-20-17-14-11-8-5-2/h7,9-10,12,16-21,25-29,31,33-34,40,43,62-63,67H,4-6,8,11,13-15,22-24,30,32,35-39,41-42,44-61H2,1-3H3,(H,71,72)/b10-7-,12-9-,19-16-,20-17-,21-18-,28-25-,29-26-,33-31-,34-27-,43-40-. The first-order valence-corrected chi connectivity index (χ1v) is 31.9. The van der Waals surface area contributed by atoms with Gasteiger partial charge in [-0.15, -0.1) is 0 Å². The Hall–Kier alpha value is -4.12. The van der Waals surface area contributed by atoms with Crippen LogP contribution in [0.25, 0.3) is 0 Å². The van der Waals surface area contributed by atoms with Gasteiger partial charge >= 0.3 is 25.7 Å². The molecule has 0 amide bonds. The van der Waals surface area contributed by atoms with Crippen molar-refractivity contribution in [3.05, 3.63) is 122 Å². The van der Waals surface area contributed by atoms with Gasteiger partial charge in [-0.1, -0.05) is 213 Å². The number of allylic oxidation sites excluding steroid dienone is 20. The predicted octanol–water partition coefficient (Wildman–Crippen LogP) is 18.4. The molecule has 0 aromatic carbocycles. The number of carbonyl (C=O) groups is 3. The van der Waals surface area contributed by atoms with E-state index in [1.165, 1.54) is 38.5 Å². The molecule has 12 heteroatoms. The fourth-order valence-corrected chi connectivity index (χ4v) is 8.56. The summed E-state index contributed by atoms with van der Waals surface area (Å²) in [5.41, 5.74) is 0. The van der Waals surface area contributed by atoms with Crippen molar-refractivity contribution in [3.63, 3.8) is 0 Å². The first-order chi connectivity index (χ1) is 38.2. The molecule has 0 saturated carbocycles. The first-order valence-electron chi connectivity index (χ1n) is 30.4. The number of aliphatic hydroxyl groups is 1. The minimum Gasteiger partial charge on any atom is -0.462 e. The molecule has 3 unspecified atom stereocenters. The number of aliphatic hydroxyl groups excluding tert-OH is 1. The summed E-state index contributed by atoms with van der Waals surface area (Å²) < 4.78 is 39.6. The largest absolute Gasteiger partial charge is 0.472 e. The van der Waals surface area contributed by atoms with Crippen LogP contribution in [0.3, 0.4) is 0 Å². The van der Waals surface area contributed by atoms with Crippen LogP contribution in [0.1, 0.15) is 239 Å². The fourth-order valence-electron chi connectivity index (χ4n) is 7.78. The topological polar surface area (TPSA) is 155 Å². The van der Waals surface area contributed by atoms with Gasteiger partial charge in [-0.05, 0) is 128 Å². The van der Waals surface area contributed by atoms with E-state index >= 15 is 0 Å². The van der Waals surface area contributed by atoms with Crippen LogP contribution in [0, 0.1) is 0 Å². The van der Waals surface area contributed by atoms with E-state index in [9.17, 15) is 28.9 Å². The average Bonchev–Trinajstić information content (AvgIpc) is 3.43. The highest BCUT2D eigenvalue weighted by molar-refractivity contribution is 7.47. The molecule has 0 aliphatic heterocycles. The third-order valence-electron chi connectivity index (χ3n) is 12.3. The zero-order chi connectivity index (χ0) is 56.9. The Morgan fingerprint density at radius 3 is 1.05 bits per heavy atom. The molecule has 11 nitrogen and oxygen atoms in total. The van der Waals surface area contributed by atoms with E-state index in [2.05, 4.69) is 142 Å². The summed E-state index contributed by atoms with van der Waals surface area (Å²) in [6, 6.07) is 0. The van der Waals surface area contributed by atoms with Crippen LogP contribution >= 0.6 is 7.82 Å². The lowest BCUT2D eigenvalue weighted by atomic mass is 10.1. The Morgan fingerprint density at radius 1 is 0.372 bits per heavy atom. The number of ether oxygens (including phenoxy) is 3. The van der Waals surface area contributed by atoms with Crippen LogP contribution in [-0.4, -0.2) is 66.5 Å². The van der Waals surface area contributed by atoms with Gasteiger partial charge in [-0.3, -0.25) is 23.4 Å². The number of phosphoric acid groups is 1. The van der Waals surface area contributed by atoms with Crippen molar-refractivity contribution in [1.29, 1.82) is 0 Å². The van der Waals surface area contributed by atoms with Crippen LogP contribution in [0.5, 0.6) is 0 Å². The molecule has 0 aromatic rings. The highest BCUT2D eigenvalue weighted by Gasteiger charge is 2.28. The van der Waals surface area contributed by atoms with Gasteiger partial charge < -0.3 is 24.2 Å². The summed E-state index contributed by atoms with van der Waals surface area (Å²) in [7, 11) is -4.77. The monoisotopic (exact) mass is 1110 g/mol. The maximum Gasteiger partial charge on any atom is 0.472 e. The highest BCUT2D eigenvalue weighted by atomic mass is 31.2. The minimum absolute atomic E-state index is 0.135. The van der Waals surface area contributed by atoms with Crippen molar-refractivity contribution >= 4 is 25.7 Å². The van der Waals surface area contributed by atoms with Crippen LogP contribution in [0.4, 0.5) is 0 Å². The van der Waals surface area contributed by atoms with E-state index in [0.29, 0.717) is 19.3 Å². The normalized spacial score (nSPS) is 14.2. The van der Waals surface area contributed by atoms with E-state index in [0.717, 1.165) is 141 Å². The van der Waals surface area contributed by atoms with Gasteiger partial charge in [-0.2, -0.15) is 0 Å². The number of carbonyl (C=O) groups excluding carboxylic acids is 3. The molecule has 78 heavy (non-hydrogen) atoms. The fraction of sp³-hybridized carbons (Fsp3) is 0.652. The molecule has 0 bridgehead atoms. The second kappa shape index (κ2) is 59.0. The lowest BCUT2D eigenvalue weighted by Gasteiger charge is -2.21. The summed E-state index contributed by atoms with van der Waals surface area (Å²) in [4.78, 5) is 48.7. The van der Waals surface area contributed by atoms with Crippen molar-refractivity contribution in [2.75, 3.05) is 26.4 Å². The van der Waals surface area contributed by atoms with Gasteiger partial charge in [0.05, 0.1) is 19.8 Å². The zero-order valence-corrected chi connectivity index (χ0v) is 50.0. The van der Waals surface area contributed by atoms with Crippen molar-refractivity contribution < 1.29 is 52.2 Å². The quantitative estimate of drug-likeness (QED) is 0.0197. The third kappa shape index (κ3) is 56.6. The Balaban J connectivity index is 4.80. The summed E-state index contributed by atoms with van der Waals surface area (Å²) >= 11 is 0. The summed E-state index contributed by atoms with van der Waals surface area (Å²) in [5.74, 6) is -1.55. The number of unbranched alkanes of at least 4 members (excludes halogenated alkanes) is 18. The van der Waals surface area contributed by atoms with Gasteiger partial charge in [0.25, 0.3) is 0 Å². The van der Waals surface area contributed by atoms with Gasteiger partial charge in [0.2, 0.25) is 0 Å². The van der Waals surface area contributed by atoms with E-state index in [1.54, 1.807) is 0 Å². The van der Waals surface area contributed by atoms with Gasteiger partial charge in [0.1, 0.15) is 12.7 Å². The Bertz CT molecular complexity index is 1770. The number of esters is 3. The highest BCUT2D eigenvalue weighted by Crippen LogP contribution is 2.43. The van der Waals surface area contributed by atoms with Crippen molar-refractivity contribution in [2.24, 2.45) is 0 Å². The smallest absolute Gasteiger partial charge is 0.462 e. The first kappa shape index (κ1) is 73.9. The van der Waals surface area contributed by atoms with Crippen LogP contribution in [0.15, 0.2) is 122 Å². The van der Waals surface area contributed by atoms with Crippen LogP contribution in [0.2, 0.25) is 0 Å². The van der Waals surface area contributed by atoms with Crippen molar-refractivity contribution in [1.82, 2.24) is 0 Å². The molecular formula is C66H109O11P. The van der Waals surface area contributed by atoms with E-state index in [-0.39, 0.29) is 25.9 Å². The molecule has 0 rings (SSSR count). The molecule has 0 aromatic heterocycles. The van der Waals surface area contributed by atoms with Crippen molar-refractivity contribution in [2.45, 2.75) is 251 Å². The number of rotatable bonds is 55. The molecule has 0 saturated heterocycles. The Kier molecular flexibility index (Phi) is 55.9. The molecule has 2 N–H and O–H groups in total. The lowest BCUT2D eigenvalue weighted by molar-refractivity contribution is -0.161.